The van der Waals surface area contributed by atoms with Gasteiger partial charge in [0.1, 0.15) is 18.3 Å². The van der Waals surface area contributed by atoms with Crippen LogP contribution >= 0.6 is 0 Å². The molecular weight excluding hydrogens is 588 g/mol. The second-order valence-electron chi connectivity index (χ2n) is 16.5. The standard InChI is InChI=1S/C16H24O2.C13H18O2.C12H16O2/c17-16-9-8-15(18-16)5-3-1-2-4-13-10-12-6-7-14(13)11-12;14-13-6-5-12(15-13)4-3-11-8-9-1-2-10(11)7-9;13-12-4-3-11(14-12)7-10-6-8-1-2-9(10)5-8/h6-7,12-15H,1-5,8-11H2;1-2,9-12H,3-8H2;1-2,8-11H,3-7H2. The summed E-state index contributed by atoms with van der Waals surface area (Å²) in [5.41, 5.74) is 0. The molecule has 47 heavy (non-hydrogen) atoms. The third-order valence-electron chi connectivity index (χ3n) is 13.2. The first-order valence-electron chi connectivity index (χ1n) is 19.6. The molecule has 0 spiro atoms. The maximum Gasteiger partial charge on any atom is 0.306 e. The highest BCUT2D eigenvalue weighted by Gasteiger charge is 2.39. The van der Waals surface area contributed by atoms with Crippen LogP contribution in [0.25, 0.3) is 0 Å². The average Bonchev–Trinajstić information content (AvgIpc) is 3.90. The van der Waals surface area contributed by atoms with Gasteiger partial charge in [0, 0.05) is 19.3 Å². The molecule has 6 bridgehead atoms. The minimum Gasteiger partial charge on any atom is -0.462 e. The monoisotopic (exact) mass is 646 g/mol. The van der Waals surface area contributed by atoms with Crippen LogP contribution in [0.2, 0.25) is 0 Å². The normalized spacial score (nSPS) is 41.2. The lowest BCUT2D eigenvalue weighted by Gasteiger charge is -2.20. The number of carbonyl (C=O) groups excluding carboxylic acids is 3. The largest absolute Gasteiger partial charge is 0.462 e. The molecule has 6 nitrogen and oxygen atoms in total. The number of ether oxygens (including phenoxy) is 3. The minimum atomic E-state index is 0.00726. The van der Waals surface area contributed by atoms with Crippen LogP contribution in [0.1, 0.15) is 128 Å². The van der Waals surface area contributed by atoms with Gasteiger partial charge in [0.25, 0.3) is 0 Å². The Hall–Kier alpha value is -2.37. The first-order valence-corrected chi connectivity index (χ1v) is 19.6. The number of esters is 3. The lowest BCUT2D eigenvalue weighted by Crippen LogP contribution is -2.16. The molecule has 0 aromatic carbocycles. The number of hydrogen-bond acceptors (Lipinski definition) is 6. The van der Waals surface area contributed by atoms with E-state index in [0.29, 0.717) is 19.3 Å². The summed E-state index contributed by atoms with van der Waals surface area (Å²) in [5.74, 6) is 7.82. The van der Waals surface area contributed by atoms with E-state index in [4.69, 9.17) is 14.2 Å². The minimum absolute atomic E-state index is 0.00726. The van der Waals surface area contributed by atoms with Gasteiger partial charge in [0.2, 0.25) is 0 Å². The van der Waals surface area contributed by atoms with E-state index in [2.05, 4.69) is 36.5 Å². The van der Waals surface area contributed by atoms with Crippen molar-refractivity contribution in [2.45, 2.75) is 147 Å². The number of allylic oxidation sites excluding steroid dienone is 6. The maximum atomic E-state index is 11.0. The third-order valence-corrected chi connectivity index (χ3v) is 13.2. The Kier molecular flexibility index (Phi) is 10.9. The van der Waals surface area contributed by atoms with Gasteiger partial charge in [-0.05, 0) is 150 Å². The van der Waals surface area contributed by atoms with Gasteiger partial charge in [0.05, 0.1) is 0 Å². The van der Waals surface area contributed by atoms with E-state index in [9.17, 15) is 14.4 Å². The van der Waals surface area contributed by atoms with Crippen LogP contribution in [0.4, 0.5) is 0 Å². The topological polar surface area (TPSA) is 78.9 Å². The van der Waals surface area contributed by atoms with Crippen LogP contribution in [0.5, 0.6) is 0 Å². The van der Waals surface area contributed by atoms with E-state index < -0.39 is 0 Å². The van der Waals surface area contributed by atoms with Crippen molar-refractivity contribution in [3.63, 3.8) is 0 Å². The highest BCUT2D eigenvalue weighted by molar-refractivity contribution is 5.72. The molecule has 6 aliphatic carbocycles. The molecule has 3 heterocycles. The first-order chi connectivity index (χ1) is 22.9. The van der Waals surface area contributed by atoms with Crippen molar-refractivity contribution in [3.8, 4) is 0 Å². The summed E-state index contributed by atoms with van der Waals surface area (Å²) in [5, 5.41) is 0. The molecule has 258 valence electrons. The van der Waals surface area contributed by atoms with Gasteiger partial charge in [-0.15, -0.1) is 0 Å². The zero-order valence-electron chi connectivity index (χ0n) is 28.5. The maximum absolute atomic E-state index is 11.0. The summed E-state index contributed by atoms with van der Waals surface area (Å²) in [4.78, 5) is 32.9. The highest BCUT2D eigenvalue weighted by atomic mass is 16.6. The van der Waals surface area contributed by atoms with Crippen LogP contribution in [0.3, 0.4) is 0 Å². The Morgan fingerprint density at radius 2 is 0.894 bits per heavy atom. The third kappa shape index (κ3) is 8.81. The summed E-state index contributed by atoms with van der Waals surface area (Å²) in [6.07, 6.45) is 38.1. The van der Waals surface area contributed by atoms with Crippen molar-refractivity contribution in [2.75, 3.05) is 0 Å². The lowest BCUT2D eigenvalue weighted by molar-refractivity contribution is -0.142. The molecule has 12 unspecified atom stereocenters. The summed E-state index contributed by atoms with van der Waals surface area (Å²) in [6.45, 7) is 0. The zero-order chi connectivity index (χ0) is 32.2. The van der Waals surface area contributed by atoms with Crippen molar-refractivity contribution >= 4 is 17.9 Å². The molecule has 12 atom stereocenters. The van der Waals surface area contributed by atoms with Crippen LogP contribution in [-0.2, 0) is 28.6 Å². The fourth-order valence-corrected chi connectivity index (χ4v) is 10.6. The number of fused-ring (bicyclic) bond motifs is 6. The van der Waals surface area contributed by atoms with E-state index in [0.717, 1.165) is 91.8 Å². The van der Waals surface area contributed by atoms with Crippen LogP contribution in [0, 0.1) is 53.3 Å². The SMILES string of the molecule is O=C1CCC(CC2CC3C=CC2C3)O1.O=C1CCC(CCC2CC3C=CC2C3)O1.O=C1CCC(CCCCCC2CC3C=CC2C3)O1. The number of hydrogen-bond donors (Lipinski definition) is 0. The van der Waals surface area contributed by atoms with Crippen molar-refractivity contribution in [3.05, 3.63) is 36.5 Å². The van der Waals surface area contributed by atoms with Gasteiger partial charge in [-0.25, -0.2) is 0 Å². The van der Waals surface area contributed by atoms with Crippen LogP contribution < -0.4 is 0 Å². The molecule has 0 aromatic heterocycles. The molecule has 9 rings (SSSR count). The Labute approximate surface area is 282 Å². The van der Waals surface area contributed by atoms with E-state index in [1.54, 1.807) is 0 Å². The predicted molar refractivity (Wildman–Crippen MR) is 181 cm³/mol. The lowest BCUT2D eigenvalue weighted by atomic mass is 9.88. The summed E-state index contributed by atoms with van der Waals surface area (Å²) >= 11 is 0. The zero-order valence-corrected chi connectivity index (χ0v) is 28.5. The molecule has 6 heteroatoms. The smallest absolute Gasteiger partial charge is 0.306 e. The fourth-order valence-electron chi connectivity index (χ4n) is 10.6. The average molecular weight is 647 g/mol. The van der Waals surface area contributed by atoms with Gasteiger partial charge in [-0.3, -0.25) is 14.4 Å². The van der Waals surface area contributed by atoms with Crippen LogP contribution in [-0.4, -0.2) is 36.2 Å². The van der Waals surface area contributed by atoms with Crippen LogP contribution in [0.15, 0.2) is 36.5 Å². The van der Waals surface area contributed by atoms with Crippen molar-refractivity contribution in [1.82, 2.24) is 0 Å². The van der Waals surface area contributed by atoms with Gasteiger partial charge < -0.3 is 14.2 Å². The number of cyclic esters (lactones) is 3. The molecule has 0 amide bonds. The Bertz CT molecular complexity index is 1200. The highest BCUT2D eigenvalue weighted by Crippen LogP contribution is 2.47. The Morgan fingerprint density at radius 3 is 1.34 bits per heavy atom. The second kappa shape index (κ2) is 15.5. The van der Waals surface area contributed by atoms with Gasteiger partial charge in [-0.1, -0.05) is 49.3 Å². The van der Waals surface area contributed by atoms with E-state index in [-0.39, 0.29) is 36.2 Å². The van der Waals surface area contributed by atoms with Gasteiger partial charge >= 0.3 is 17.9 Å². The first kappa shape index (κ1) is 33.1. The number of unbranched alkanes of at least 4 members (excludes halogenated alkanes) is 2. The van der Waals surface area contributed by atoms with E-state index in [1.165, 1.54) is 70.6 Å². The molecule has 3 saturated carbocycles. The number of rotatable bonds is 11. The van der Waals surface area contributed by atoms with Gasteiger partial charge in [-0.2, -0.15) is 0 Å². The molecule has 0 N–H and O–H groups in total. The molecule has 0 aromatic rings. The molecule has 9 aliphatic rings. The fraction of sp³-hybridized carbons (Fsp3) is 0.780. The molecule has 3 saturated heterocycles. The van der Waals surface area contributed by atoms with E-state index in [1.807, 2.05) is 0 Å². The molecule has 0 radical (unpaired) electrons. The van der Waals surface area contributed by atoms with Crippen molar-refractivity contribution in [1.29, 1.82) is 0 Å². The number of carbonyl (C=O) groups is 3. The van der Waals surface area contributed by atoms with E-state index >= 15 is 0 Å². The molecule has 3 aliphatic heterocycles. The Balaban J connectivity index is 0.000000113. The Morgan fingerprint density at radius 1 is 0.447 bits per heavy atom. The molecule has 6 fully saturated rings. The quantitative estimate of drug-likeness (QED) is 0.0966. The predicted octanol–water partition coefficient (Wildman–Crippen LogP) is 8.83. The second-order valence-corrected chi connectivity index (χ2v) is 16.5. The van der Waals surface area contributed by atoms with Gasteiger partial charge in [0.15, 0.2) is 0 Å². The summed E-state index contributed by atoms with van der Waals surface area (Å²) in [6, 6.07) is 0. The molecular formula is C41H58O6. The van der Waals surface area contributed by atoms with Crippen molar-refractivity contribution in [2.24, 2.45) is 53.3 Å². The summed E-state index contributed by atoms with van der Waals surface area (Å²) < 4.78 is 15.7. The summed E-state index contributed by atoms with van der Waals surface area (Å²) in [7, 11) is 0. The van der Waals surface area contributed by atoms with Crippen molar-refractivity contribution < 1.29 is 28.6 Å².